The minimum atomic E-state index is -0.223. The summed E-state index contributed by atoms with van der Waals surface area (Å²) in [6.45, 7) is 6.73. The van der Waals surface area contributed by atoms with Crippen LogP contribution in [0.2, 0.25) is 0 Å². The summed E-state index contributed by atoms with van der Waals surface area (Å²) in [7, 11) is 0. The van der Waals surface area contributed by atoms with E-state index in [4.69, 9.17) is 4.74 Å². The van der Waals surface area contributed by atoms with E-state index in [9.17, 15) is 5.11 Å². The van der Waals surface area contributed by atoms with Crippen molar-refractivity contribution in [3.63, 3.8) is 0 Å². The highest BCUT2D eigenvalue weighted by molar-refractivity contribution is 4.86. The van der Waals surface area contributed by atoms with E-state index in [1.807, 2.05) is 6.92 Å². The molecule has 1 heterocycles. The Morgan fingerprint density at radius 1 is 1.35 bits per heavy atom. The van der Waals surface area contributed by atoms with Gasteiger partial charge in [-0.1, -0.05) is 0 Å². The monoisotopic (exact) mass is 242 g/mol. The van der Waals surface area contributed by atoms with Crippen LogP contribution in [-0.2, 0) is 4.74 Å². The number of ether oxygens (including phenoxy) is 1. The molecular weight excluding hydrogens is 216 g/mol. The molecule has 4 heteroatoms. The summed E-state index contributed by atoms with van der Waals surface area (Å²) in [5, 5.41) is 13.3. The van der Waals surface area contributed by atoms with Gasteiger partial charge in [-0.2, -0.15) is 0 Å². The molecule has 1 unspecified atom stereocenters. The molecule has 1 aliphatic heterocycles. The van der Waals surface area contributed by atoms with E-state index in [1.165, 1.54) is 12.8 Å². The summed E-state index contributed by atoms with van der Waals surface area (Å²) in [6, 6.07) is 0.555. The van der Waals surface area contributed by atoms with Gasteiger partial charge in [0.25, 0.3) is 0 Å². The zero-order chi connectivity index (χ0) is 12.1. The Morgan fingerprint density at radius 3 is 2.71 bits per heavy atom. The zero-order valence-electron chi connectivity index (χ0n) is 10.9. The second-order valence-electron chi connectivity index (χ2n) is 5.32. The van der Waals surface area contributed by atoms with Gasteiger partial charge in [-0.15, -0.1) is 0 Å². The van der Waals surface area contributed by atoms with Crippen molar-refractivity contribution in [2.45, 2.75) is 50.9 Å². The second kappa shape index (κ2) is 6.69. The van der Waals surface area contributed by atoms with E-state index in [0.29, 0.717) is 12.1 Å². The van der Waals surface area contributed by atoms with Gasteiger partial charge >= 0.3 is 0 Å². The minimum absolute atomic E-state index is 0.223. The lowest BCUT2D eigenvalue weighted by atomic mass is 9.89. The van der Waals surface area contributed by atoms with Crippen LogP contribution in [0.15, 0.2) is 0 Å². The van der Waals surface area contributed by atoms with Crippen LogP contribution < -0.4 is 5.32 Å². The number of hydrogen-bond acceptors (Lipinski definition) is 4. The summed E-state index contributed by atoms with van der Waals surface area (Å²) in [6.07, 6.45) is 5.01. The van der Waals surface area contributed by atoms with Gasteiger partial charge in [0.1, 0.15) is 0 Å². The van der Waals surface area contributed by atoms with Crippen LogP contribution in [0.1, 0.15) is 32.6 Å². The minimum Gasteiger partial charge on any atom is -0.390 e. The Balaban J connectivity index is 1.50. The Bertz CT molecular complexity index is 213. The molecule has 0 radical (unpaired) electrons. The quantitative estimate of drug-likeness (QED) is 0.686. The molecule has 2 aliphatic rings. The molecule has 2 N–H and O–H groups in total. The number of hydrogen-bond donors (Lipinski definition) is 2. The lowest BCUT2D eigenvalue weighted by Gasteiger charge is -2.36. The highest BCUT2D eigenvalue weighted by Crippen LogP contribution is 2.23. The van der Waals surface area contributed by atoms with E-state index in [2.05, 4.69) is 10.2 Å². The van der Waals surface area contributed by atoms with E-state index >= 15 is 0 Å². The molecule has 0 amide bonds. The van der Waals surface area contributed by atoms with Crippen LogP contribution in [0.25, 0.3) is 0 Å². The molecule has 100 valence electrons. The number of nitrogens with zero attached hydrogens (tertiary/aromatic N) is 1. The van der Waals surface area contributed by atoms with Crippen molar-refractivity contribution in [2.75, 3.05) is 32.8 Å². The van der Waals surface area contributed by atoms with Crippen LogP contribution in [0.4, 0.5) is 0 Å². The Kier molecular flexibility index (Phi) is 5.22. The average molecular weight is 242 g/mol. The van der Waals surface area contributed by atoms with Gasteiger partial charge < -0.3 is 20.1 Å². The molecule has 0 bridgehead atoms. The summed E-state index contributed by atoms with van der Waals surface area (Å²) in [5.41, 5.74) is 0. The van der Waals surface area contributed by atoms with Gasteiger partial charge in [0.05, 0.1) is 12.2 Å². The van der Waals surface area contributed by atoms with Gasteiger partial charge in [-0.3, -0.25) is 0 Å². The number of nitrogens with one attached hydrogen (secondary N) is 1. The number of likely N-dealkylation sites (tertiary alicyclic amines) is 1. The normalized spacial score (nSPS) is 31.4. The maximum absolute atomic E-state index is 9.91. The topological polar surface area (TPSA) is 44.7 Å². The molecule has 0 aromatic heterocycles. The molecule has 0 aromatic rings. The smallest absolute Gasteiger partial charge is 0.0791 e. The van der Waals surface area contributed by atoms with E-state index in [-0.39, 0.29) is 6.10 Å². The highest BCUT2D eigenvalue weighted by atomic mass is 16.5. The van der Waals surface area contributed by atoms with Crippen LogP contribution in [-0.4, -0.2) is 61.0 Å². The predicted octanol–water partition coefficient (Wildman–Crippen LogP) is 0.600. The maximum atomic E-state index is 9.91. The fourth-order valence-corrected chi connectivity index (χ4v) is 2.73. The van der Waals surface area contributed by atoms with Gasteiger partial charge in [0.2, 0.25) is 0 Å². The molecule has 4 nitrogen and oxygen atoms in total. The number of aliphatic hydroxyl groups excluding tert-OH is 1. The van der Waals surface area contributed by atoms with Crippen molar-refractivity contribution < 1.29 is 9.84 Å². The zero-order valence-corrected chi connectivity index (χ0v) is 10.9. The van der Waals surface area contributed by atoms with Crippen molar-refractivity contribution in [1.82, 2.24) is 10.2 Å². The van der Waals surface area contributed by atoms with Crippen molar-refractivity contribution in [3.05, 3.63) is 0 Å². The van der Waals surface area contributed by atoms with E-state index in [1.54, 1.807) is 0 Å². The molecule has 17 heavy (non-hydrogen) atoms. The molecular formula is C13H26N2O2. The van der Waals surface area contributed by atoms with Crippen molar-refractivity contribution in [2.24, 2.45) is 0 Å². The van der Waals surface area contributed by atoms with E-state index in [0.717, 1.165) is 45.6 Å². The number of β-amino-alcohol motifs (C(OH)–C–C–N with tert-alkyl or cyclic N) is 1. The molecule has 0 aromatic carbocycles. The van der Waals surface area contributed by atoms with Crippen molar-refractivity contribution in [3.8, 4) is 0 Å². The fourth-order valence-electron chi connectivity index (χ4n) is 2.73. The van der Waals surface area contributed by atoms with Crippen LogP contribution >= 0.6 is 0 Å². The van der Waals surface area contributed by atoms with Gasteiger partial charge in [-0.05, 0) is 45.7 Å². The van der Waals surface area contributed by atoms with Gasteiger partial charge in [0.15, 0.2) is 0 Å². The molecule has 1 saturated heterocycles. The summed E-state index contributed by atoms with van der Waals surface area (Å²) < 4.78 is 5.51. The second-order valence-corrected chi connectivity index (χ2v) is 5.32. The third kappa shape index (κ3) is 4.21. The summed E-state index contributed by atoms with van der Waals surface area (Å²) in [4.78, 5) is 2.36. The largest absolute Gasteiger partial charge is 0.390 e. The SMILES string of the molecule is CCOC1CC(NCC(O)CN2CCCC2)C1. The predicted molar refractivity (Wildman–Crippen MR) is 68.1 cm³/mol. The third-order valence-electron chi connectivity index (χ3n) is 3.81. The Morgan fingerprint density at radius 2 is 2.06 bits per heavy atom. The molecule has 2 fully saturated rings. The first-order valence-electron chi connectivity index (χ1n) is 7.03. The fraction of sp³-hybridized carbons (Fsp3) is 1.00. The molecule has 1 atom stereocenters. The van der Waals surface area contributed by atoms with Crippen molar-refractivity contribution in [1.29, 1.82) is 0 Å². The van der Waals surface area contributed by atoms with Crippen molar-refractivity contribution >= 4 is 0 Å². The molecule has 2 rings (SSSR count). The van der Waals surface area contributed by atoms with Crippen LogP contribution in [0.5, 0.6) is 0 Å². The van der Waals surface area contributed by atoms with Crippen LogP contribution in [0.3, 0.4) is 0 Å². The number of aliphatic hydroxyl groups is 1. The first kappa shape index (κ1) is 13.3. The molecule has 1 saturated carbocycles. The summed E-state index contributed by atoms with van der Waals surface area (Å²) in [5.74, 6) is 0. The first-order chi connectivity index (χ1) is 8.28. The average Bonchev–Trinajstić information content (AvgIpc) is 2.74. The maximum Gasteiger partial charge on any atom is 0.0791 e. The molecule has 1 aliphatic carbocycles. The third-order valence-corrected chi connectivity index (χ3v) is 3.81. The highest BCUT2D eigenvalue weighted by Gasteiger charge is 2.29. The lowest BCUT2D eigenvalue weighted by molar-refractivity contribution is -0.0129. The van der Waals surface area contributed by atoms with E-state index < -0.39 is 0 Å². The van der Waals surface area contributed by atoms with Crippen LogP contribution in [0, 0.1) is 0 Å². The standard InChI is InChI=1S/C13H26N2O2/c1-2-17-13-7-11(8-13)14-9-12(16)10-15-5-3-4-6-15/h11-14,16H,2-10H2,1H3. The van der Waals surface area contributed by atoms with Gasteiger partial charge in [0, 0.05) is 25.7 Å². The summed E-state index contributed by atoms with van der Waals surface area (Å²) >= 11 is 0. The lowest BCUT2D eigenvalue weighted by Crippen LogP contribution is -2.49. The Hall–Kier alpha value is -0.160. The van der Waals surface area contributed by atoms with Gasteiger partial charge in [-0.25, -0.2) is 0 Å². The Labute approximate surface area is 104 Å². The molecule has 0 spiro atoms. The first-order valence-corrected chi connectivity index (χ1v) is 7.03. The number of rotatable bonds is 7.